The van der Waals surface area contributed by atoms with Crippen LogP contribution in [0, 0.1) is 23.7 Å². The van der Waals surface area contributed by atoms with Crippen LogP contribution in [0.25, 0.3) is 0 Å². The molecule has 4 nitrogen and oxygen atoms in total. The molecule has 1 aromatic carbocycles. The molecule has 2 bridgehead atoms. The van der Waals surface area contributed by atoms with Gasteiger partial charge in [-0.05, 0) is 68.2 Å². The molecule has 3 atom stereocenters. The fourth-order valence-electron chi connectivity index (χ4n) is 5.13. The second-order valence-electron chi connectivity index (χ2n) is 7.97. The average molecular weight is 341 g/mol. The minimum absolute atomic E-state index is 0.0393. The first kappa shape index (κ1) is 16.6. The molecule has 0 aromatic heterocycles. The van der Waals surface area contributed by atoms with Gasteiger partial charge in [-0.2, -0.15) is 0 Å². The molecule has 0 spiro atoms. The van der Waals surface area contributed by atoms with E-state index in [1.807, 2.05) is 29.2 Å². The molecule has 1 aromatic rings. The molecule has 25 heavy (non-hydrogen) atoms. The number of Topliss-reactive ketones (excluding diaryl/α,β-unsaturated/α-hetero) is 1. The van der Waals surface area contributed by atoms with Crippen molar-refractivity contribution < 1.29 is 14.3 Å². The van der Waals surface area contributed by atoms with Crippen molar-refractivity contribution in [2.24, 2.45) is 23.7 Å². The summed E-state index contributed by atoms with van der Waals surface area (Å²) in [6.07, 6.45) is 6.52. The summed E-state index contributed by atoms with van der Waals surface area (Å²) in [5.41, 5.74) is 0.749. The molecular formula is C21H27NO3. The molecule has 134 valence electrons. The quantitative estimate of drug-likeness (QED) is 0.787. The molecular weight excluding hydrogens is 314 g/mol. The van der Waals surface area contributed by atoms with Gasteiger partial charge in [0, 0.05) is 30.5 Å². The smallest absolute Gasteiger partial charge is 0.225 e. The SMILES string of the molecule is COc1ccc(C(=O)C2CCN(C(=O)C3CC4CCC3C4)CC2)cc1. The number of benzene rings is 1. The van der Waals surface area contributed by atoms with E-state index >= 15 is 0 Å². The van der Waals surface area contributed by atoms with Crippen molar-refractivity contribution in [2.45, 2.75) is 38.5 Å². The number of amides is 1. The van der Waals surface area contributed by atoms with E-state index in [4.69, 9.17) is 4.74 Å². The van der Waals surface area contributed by atoms with Crippen LogP contribution in [0.2, 0.25) is 0 Å². The van der Waals surface area contributed by atoms with Crippen LogP contribution in [0.1, 0.15) is 48.9 Å². The van der Waals surface area contributed by atoms with Crippen molar-refractivity contribution in [1.82, 2.24) is 4.90 Å². The highest BCUT2D eigenvalue weighted by Crippen LogP contribution is 2.49. The van der Waals surface area contributed by atoms with Crippen LogP contribution < -0.4 is 4.74 Å². The number of hydrogen-bond donors (Lipinski definition) is 0. The average Bonchev–Trinajstić information content (AvgIpc) is 3.30. The number of fused-ring (bicyclic) bond motifs is 2. The molecule has 1 aliphatic heterocycles. The summed E-state index contributed by atoms with van der Waals surface area (Å²) in [6, 6.07) is 7.35. The van der Waals surface area contributed by atoms with E-state index in [1.165, 1.54) is 19.3 Å². The number of likely N-dealkylation sites (tertiary alicyclic amines) is 1. The third-order valence-corrected chi connectivity index (χ3v) is 6.61. The highest BCUT2D eigenvalue weighted by Gasteiger charge is 2.44. The summed E-state index contributed by atoms with van der Waals surface area (Å²) in [5, 5.41) is 0. The highest BCUT2D eigenvalue weighted by atomic mass is 16.5. The topological polar surface area (TPSA) is 46.6 Å². The van der Waals surface area contributed by atoms with Gasteiger partial charge in [0.2, 0.25) is 5.91 Å². The number of methoxy groups -OCH3 is 1. The van der Waals surface area contributed by atoms with Crippen LogP contribution >= 0.6 is 0 Å². The predicted molar refractivity (Wildman–Crippen MR) is 95.6 cm³/mol. The van der Waals surface area contributed by atoms with Gasteiger partial charge >= 0.3 is 0 Å². The monoisotopic (exact) mass is 341 g/mol. The maximum Gasteiger partial charge on any atom is 0.225 e. The third kappa shape index (κ3) is 3.19. The Bertz CT molecular complexity index is 646. The number of carbonyl (C=O) groups excluding carboxylic acids is 2. The van der Waals surface area contributed by atoms with E-state index in [9.17, 15) is 9.59 Å². The van der Waals surface area contributed by atoms with Gasteiger partial charge in [0.1, 0.15) is 5.75 Å². The fourth-order valence-corrected chi connectivity index (χ4v) is 5.13. The summed E-state index contributed by atoms with van der Waals surface area (Å²) in [5.74, 6) is 3.08. The van der Waals surface area contributed by atoms with Gasteiger partial charge in [-0.1, -0.05) is 6.42 Å². The number of ether oxygens (including phenoxy) is 1. The summed E-state index contributed by atoms with van der Waals surface area (Å²) >= 11 is 0. The lowest BCUT2D eigenvalue weighted by atomic mass is 9.85. The van der Waals surface area contributed by atoms with Crippen LogP contribution in [0.5, 0.6) is 5.75 Å². The molecule has 4 rings (SSSR count). The Morgan fingerprint density at radius 1 is 1.00 bits per heavy atom. The first-order chi connectivity index (χ1) is 12.2. The van der Waals surface area contributed by atoms with E-state index in [0.29, 0.717) is 11.8 Å². The van der Waals surface area contributed by atoms with E-state index in [0.717, 1.165) is 49.6 Å². The van der Waals surface area contributed by atoms with Crippen LogP contribution in [0.15, 0.2) is 24.3 Å². The summed E-state index contributed by atoms with van der Waals surface area (Å²) in [7, 11) is 1.62. The first-order valence-corrected chi connectivity index (χ1v) is 9.62. The highest BCUT2D eigenvalue weighted by molar-refractivity contribution is 5.98. The lowest BCUT2D eigenvalue weighted by Crippen LogP contribution is -2.44. The normalized spacial score (nSPS) is 29.0. The number of piperidine rings is 1. The third-order valence-electron chi connectivity index (χ3n) is 6.61. The Morgan fingerprint density at radius 2 is 1.72 bits per heavy atom. The van der Waals surface area contributed by atoms with Crippen molar-refractivity contribution >= 4 is 11.7 Å². The minimum atomic E-state index is 0.0393. The van der Waals surface area contributed by atoms with Crippen LogP contribution in [-0.4, -0.2) is 36.8 Å². The van der Waals surface area contributed by atoms with Crippen molar-refractivity contribution in [3.63, 3.8) is 0 Å². The molecule has 1 amide bonds. The standard InChI is InChI=1S/C21H27NO3/c1-25-18-6-4-15(5-7-18)20(23)16-8-10-22(11-9-16)21(24)19-13-14-2-3-17(19)12-14/h4-7,14,16-17,19H,2-3,8-13H2,1H3. The molecule has 0 radical (unpaired) electrons. The second kappa shape index (κ2) is 6.81. The van der Waals surface area contributed by atoms with Crippen LogP contribution in [0.4, 0.5) is 0 Å². The molecule has 3 unspecified atom stereocenters. The lowest BCUT2D eigenvalue weighted by molar-refractivity contribution is -0.138. The fraction of sp³-hybridized carbons (Fsp3) is 0.619. The molecule has 4 heteroatoms. The van der Waals surface area contributed by atoms with E-state index in [2.05, 4.69) is 0 Å². The van der Waals surface area contributed by atoms with E-state index in [1.54, 1.807) is 7.11 Å². The Balaban J connectivity index is 1.33. The summed E-state index contributed by atoms with van der Waals surface area (Å²) < 4.78 is 5.15. The zero-order valence-electron chi connectivity index (χ0n) is 14.9. The van der Waals surface area contributed by atoms with E-state index in [-0.39, 0.29) is 17.6 Å². The van der Waals surface area contributed by atoms with E-state index < -0.39 is 0 Å². The number of ketones is 1. The molecule has 1 heterocycles. The Morgan fingerprint density at radius 3 is 2.28 bits per heavy atom. The van der Waals surface area contributed by atoms with Gasteiger partial charge in [0.05, 0.1) is 7.11 Å². The first-order valence-electron chi connectivity index (χ1n) is 9.62. The van der Waals surface area contributed by atoms with Crippen molar-refractivity contribution in [1.29, 1.82) is 0 Å². The van der Waals surface area contributed by atoms with Gasteiger partial charge < -0.3 is 9.64 Å². The number of nitrogens with zero attached hydrogens (tertiary/aromatic N) is 1. The van der Waals surface area contributed by atoms with Crippen LogP contribution in [-0.2, 0) is 4.79 Å². The Labute approximate surface area is 149 Å². The van der Waals surface area contributed by atoms with Crippen molar-refractivity contribution in [3.05, 3.63) is 29.8 Å². The molecule has 2 aliphatic carbocycles. The minimum Gasteiger partial charge on any atom is -0.497 e. The van der Waals surface area contributed by atoms with Crippen molar-refractivity contribution in [3.8, 4) is 5.75 Å². The van der Waals surface area contributed by atoms with Crippen LogP contribution in [0.3, 0.4) is 0 Å². The Kier molecular flexibility index (Phi) is 4.53. The van der Waals surface area contributed by atoms with Gasteiger partial charge in [-0.3, -0.25) is 9.59 Å². The molecule has 1 saturated heterocycles. The zero-order chi connectivity index (χ0) is 17.4. The number of rotatable bonds is 4. The Hall–Kier alpha value is -1.84. The lowest BCUT2D eigenvalue weighted by Gasteiger charge is -2.35. The van der Waals surface area contributed by atoms with Gasteiger partial charge in [-0.15, -0.1) is 0 Å². The zero-order valence-corrected chi connectivity index (χ0v) is 14.9. The van der Waals surface area contributed by atoms with Gasteiger partial charge in [0.15, 0.2) is 5.78 Å². The molecule has 2 saturated carbocycles. The van der Waals surface area contributed by atoms with Crippen molar-refractivity contribution in [2.75, 3.05) is 20.2 Å². The van der Waals surface area contributed by atoms with Gasteiger partial charge in [-0.25, -0.2) is 0 Å². The molecule has 0 N–H and O–H groups in total. The predicted octanol–water partition coefficient (Wildman–Crippen LogP) is 3.55. The maximum atomic E-state index is 12.8. The summed E-state index contributed by atoms with van der Waals surface area (Å²) in [4.78, 5) is 27.6. The molecule has 3 fully saturated rings. The summed E-state index contributed by atoms with van der Waals surface area (Å²) in [6.45, 7) is 1.47. The van der Waals surface area contributed by atoms with Gasteiger partial charge in [0.25, 0.3) is 0 Å². The largest absolute Gasteiger partial charge is 0.497 e. The number of carbonyl (C=O) groups is 2. The maximum absolute atomic E-state index is 12.8. The number of hydrogen-bond acceptors (Lipinski definition) is 3. The molecule has 3 aliphatic rings. The second-order valence-corrected chi connectivity index (χ2v) is 7.97.